The van der Waals surface area contributed by atoms with Gasteiger partial charge in [-0.15, -0.1) is 0 Å². The van der Waals surface area contributed by atoms with Crippen LogP contribution in [0, 0.1) is 0 Å². The van der Waals surface area contributed by atoms with E-state index < -0.39 is 0 Å². The first-order valence-electron chi connectivity index (χ1n) is 12.9. The van der Waals surface area contributed by atoms with E-state index >= 15 is 0 Å². The lowest BCUT2D eigenvalue weighted by atomic mass is 9.92. The monoisotopic (exact) mass is 492 g/mol. The van der Waals surface area contributed by atoms with Gasteiger partial charge in [-0.3, -0.25) is 9.59 Å². The number of hydrogen-bond donors (Lipinski definition) is 2. The van der Waals surface area contributed by atoms with Crippen LogP contribution in [0.4, 0.5) is 23.0 Å². The average molecular weight is 493 g/mol. The second kappa shape index (κ2) is 9.97. The average Bonchev–Trinajstić information content (AvgIpc) is 2.87. The van der Waals surface area contributed by atoms with E-state index in [1.807, 2.05) is 39.2 Å². The molecule has 1 aliphatic carbocycles. The van der Waals surface area contributed by atoms with E-state index in [4.69, 9.17) is 9.72 Å². The molecular formula is C27H36N6O3. The van der Waals surface area contributed by atoms with Gasteiger partial charge in [0.05, 0.1) is 24.5 Å². The van der Waals surface area contributed by atoms with Crippen LogP contribution >= 0.6 is 0 Å². The molecule has 0 radical (unpaired) electrons. The largest absolute Gasteiger partial charge is 0.495 e. The molecule has 3 heterocycles. The lowest BCUT2D eigenvalue weighted by Crippen LogP contribution is -2.57. The Kier molecular flexibility index (Phi) is 6.75. The molecule has 2 aromatic rings. The van der Waals surface area contributed by atoms with E-state index in [1.165, 1.54) is 19.3 Å². The smallest absolute Gasteiger partial charge is 0.251 e. The summed E-state index contributed by atoms with van der Waals surface area (Å²) in [5.41, 5.74) is 2.11. The molecule has 2 fully saturated rings. The molecule has 2 amide bonds. The summed E-state index contributed by atoms with van der Waals surface area (Å²) in [7, 11) is 5.45. The van der Waals surface area contributed by atoms with Gasteiger partial charge in [-0.1, -0.05) is 19.3 Å². The van der Waals surface area contributed by atoms with E-state index in [0.717, 1.165) is 43.1 Å². The fourth-order valence-corrected chi connectivity index (χ4v) is 5.64. The topological polar surface area (TPSA) is 90.0 Å². The van der Waals surface area contributed by atoms with Gasteiger partial charge in [0, 0.05) is 31.7 Å². The molecular weight excluding hydrogens is 456 g/mol. The third-order valence-corrected chi connectivity index (χ3v) is 7.66. The first kappa shape index (κ1) is 24.4. The summed E-state index contributed by atoms with van der Waals surface area (Å²) in [6.07, 6.45) is 5.77. The Morgan fingerprint density at radius 2 is 1.83 bits per heavy atom. The maximum atomic E-state index is 13.0. The van der Waals surface area contributed by atoms with E-state index in [0.29, 0.717) is 23.2 Å². The highest BCUT2D eigenvalue weighted by atomic mass is 16.5. The van der Waals surface area contributed by atoms with Crippen molar-refractivity contribution in [2.24, 2.45) is 0 Å². The maximum absolute atomic E-state index is 13.0. The zero-order valence-corrected chi connectivity index (χ0v) is 21.6. The van der Waals surface area contributed by atoms with E-state index in [9.17, 15) is 9.59 Å². The number of likely N-dealkylation sites (tertiary alicyclic amines) is 1. The van der Waals surface area contributed by atoms with Crippen LogP contribution in [0.3, 0.4) is 0 Å². The van der Waals surface area contributed by atoms with Crippen LogP contribution in [-0.2, 0) is 4.79 Å². The zero-order chi connectivity index (χ0) is 25.4. The molecule has 9 nitrogen and oxygen atoms in total. The van der Waals surface area contributed by atoms with Crippen LogP contribution in [0.15, 0.2) is 30.3 Å². The number of rotatable bonds is 6. The van der Waals surface area contributed by atoms with Gasteiger partial charge in [-0.25, -0.2) is 4.98 Å². The molecule has 0 unspecified atom stereocenters. The maximum Gasteiger partial charge on any atom is 0.251 e. The second-order valence-electron chi connectivity index (χ2n) is 10.2. The standard InChI is InChI=1S/C27H36N6O3/c1-17-27(35)32(3)22-12-13-24(30-25(22)33(17)20-8-6-5-7-9-20)29-21-11-10-18(14-23(21)36-4)26(34)28-19-15-31(2)16-19/h10-14,17,19-20H,5-9,15-16H2,1-4H3,(H,28,34)(H,29,30)/t17-/m1/s1. The van der Waals surface area contributed by atoms with E-state index in [2.05, 4.69) is 20.4 Å². The van der Waals surface area contributed by atoms with E-state index in [1.54, 1.807) is 24.1 Å². The van der Waals surface area contributed by atoms with E-state index in [-0.39, 0.29) is 23.9 Å². The Morgan fingerprint density at radius 1 is 1.08 bits per heavy atom. The van der Waals surface area contributed by atoms with Crippen molar-refractivity contribution in [3.05, 3.63) is 35.9 Å². The fourth-order valence-electron chi connectivity index (χ4n) is 5.64. The number of carbonyl (C=O) groups is 2. The number of hydrogen-bond acceptors (Lipinski definition) is 7. The van der Waals surface area contributed by atoms with Crippen molar-refractivity contribution >= 4 is 34.8 Å². The normalized spacial score (nSPS) is 21.1. The Morgan fingerprint density at radius 3 is 2.53 bits per heavy atom. The Hall–Kier alpha value is -3.33. The summed E-state index contributed by atoms with van der Waals surface area (Å²) in [5, 5.41) is 6.43. The van der Waals surface area contributed by atoms with Gasteiger partial charge >= 0.3 is 0 Å². The number of benzene rings is 1. The molecule has 1 saturated carbocycles. The highest BCUT2D eigenvalue weighted by molar-refractivity contribution is 6.04. The molecule has 1 saturated heterocycles. The zero-order valence-electron chi connectivity index (χ0n) is 21.6. The van der Waals surface area contributed by atoms with Crippen LogP contribution in [0.1, 0.15) is 49.4 Å². The van der Waals surface area contributed by atoms with Crippen LogP contribution < -0.4 is 25.2 Å². The summed E-state index contributed by atoms with van der Waals surface area (Å²) in [4.78, 5) is 36.7. The number of likely N-dealkylation sites (N-methyl/N-ethyl adjacent to an activating group) is 2. The Bertz CT molecular complexity index is 1140. The number of carbonyl (C=O) groups excluding carboxylic acids is 2. The molecule has 1 aromatic heterocycles. The van der Waals surface area contributed by atoms with Gasteiger partial charge in [-0.05, 0) is 57.1 Å². The molecule has 5 rings (SSSR count). The summed E-state index contributed by atoms with van der Waals surface area (Å²) in [6, 6.07) is 9.47. The highest BCUT2D eigenvalue weighted by Gasteiger charge is 2.39. The lowest BCUT2D eigenvalue weighted by molar-refractivity contribution is -0.119. The molecule has 36 heavy (non-hydrogen) atoms. The lowest BCUT2D eigenvalue weighted by Gasteiger charge is -2.44. The molecule has 192 valence electrons. The number of nitrogens with zero attached hydrogens (tertiary/aromatic N) is 4. The predicted octanol–water partition coefficient (Wildman–Crippen LogP) is 3.38. The van der Waals surface area contributed by atoms with Gasteiger partial charge in [0.2, 0.25) is 5.91 Å². The van der Waals surface area contributed by atoms with Gasteiger partial charge in [0.25, 0.3) is 5.91 Å². The Balaban J connectivity index is 1.39. The fraction of sp³-hybridized carbons (Fsp3) is 0.519. The van der Waals surface area contributed by atoms with Crippen molar-refractivity contribution in [3.63, 3.8) is 0 Å². The van der Waals surface area contributed by atoms with Crippen LogP contribution in [0.25, 0.3) is 0 Å². The summed E-state index contributed by atoms with van der Waals surface area (Å²) in [6.45, 7) is 3.71. The summed E-state index contributed by atoms with van der Waals surface area (Å²) in [5.74, 6) is 2.06. The molecule has 0 bridgehead atoms. The number of methoxy groups -OCH3 is 1. The number of ether oxygens (including phenoxy) is 1. The quantitative estimate of drug-likeness (QED) is 0.639. The van der Waals surface area contributed by atoms with Crippen molar-refractivity contribution in [1.82, 2.24) is 15.2 Å². The van der Waals surface area contributed by atoms with Gasteiger partial charge in [0.15, 0.2) is 5.82 Å². The molecule has 2 N–H and O–H groups in total. The first-order valence-corrected chi connectivity index (χ1v) is 12.9. The minimum absolute atomic E-state index is 0.0969. The van der Waals surface area contributed by atoms with Gasteiger partial charge in [-0.2, -0.15) is 0 Å². The number of aromatic nitrogens is 1. The van der Waals surface area contributed by atoms with Crippen molar-refractivity contribution in [1.29, 1.82) is 0 Å². The number of anilines is 4. The van der Waals surface area contributed by atoms with Crippen molar-refractivity contribution in [2.75, 3.05) is 49.4 Å². The number of nitrogens with one attached hydrogen (secondary N) is 2. The number of pyridine rings is 1. The summed E-state index contributed by atoms with van der Waals surface area (Å²) >= 11 is 0. The Labute approximate surface area is 212 Å². The molecule has 1 atom stereocenters. The third-order valence-electron chi connectivity index (χ3n) is 7.66. The van der Waals surface area contributed by atoms with Crippen molar-refractivity contribution in [3.8, 4) is 5.75 Å². The minimum Gasteiger partial charge on any atom is -0.495 e. The predicted molar refractivity (Wildman–Crippen MR) is 141 cm³/mol. The highest BCUT2D eigenvalue weighted by Crippen LogP contribution is 2.40. The van der Waals surface area contributed by atoms with Gasteiger partial charge < -0.3 is 30.1 Å². The first-order chi connectivity index (χ1) is 17.4. The second-order valence-corrected chi connectivity index (χ2v) is 10.2. The molecule has 1 aromatic carbocycles. The SMILES string of the molecule is COc1cc(C(=O)NC2CN(C)C2)ccc1Nc1ccc2c(n1)N(C1CCCCC1)[C@H](C)C(=O)N2C. The molecule has 2 aliphatic heterocycles. The number of fused-ring (bicyclic) bond motifs is 1. The van der Waals surface area contributed by atoms with Gasteiger partial charge in [0.1, 0.15) is 17.6 Å². The van der Waals surface area contributed by atoms with Crippen LogP contribution in [0.5, 0.6) is 5.75 Å². The number of amides is 2. The van der Waals surface area contributed by atoms with Crippen LogP contribution in [0.2, 0.25) is 0 Å². The summed E-state index contributed by atoms with van der Waals surface area (Å²) < 4.78 is 5.61. The van der Waals surface area contributed by atoms with Crippen molar-refractivity contribution < 1.29 is 14.3 Å². The third kappa shape index (κ3) is 4.59. The van der Waals surface area contributed by atoms with Crippen molar-refractivity contribution in [2.45, 2.75) is 57.2 Å². The molecule has 0 spiro atoms. The van der Waals surface area contributed by atoms with Crippen LogP contribution in [-0.4, -0.2) is 74.1 Å². The minimum atomic E-state index is -0.254. The molecule has 3 aliphatic rings. The molecule has 9 heteroatoms.